The number of rotatable bonds is 3. The first-order chi connectivity index (χ1) is 12.5. The number of anilines is 1. The van der Waals surface area contributed by atoms with Gasteiger partial charge in [-0.25, -0.2) is 0 Å². The number of hydrogen-bond donors (Lipinski definition) is 1. The molecule has 0 amide bonds. The standard InChI is InChI=1S/C19H21N3O3S/c1-10-11(2)26-19(13(10)8-20)21-18-15-12(5-6-22(18)3)7-14-16(17(15)23-4)25-9-24-14/h7,18,21H,5-6,9H2,1-4H3/t18-/m0/s1. The van der Waals surface area contributed by atoms with Crippen LogP contribution in [0.25, 0.3) is 0 Å². The smallest absolute Gasteiger partial charge is 0.231 e. The van der Waals surface area contributed by atoms with Gasteiger partial charge in [-0.1, -0.05) is 0 Å². The second-order valence-corrected chi connectivity index (χ2v) is 7.82. The van der Waals surface area contributed by atoms with Crippen LogP contribution in [0.2, 0.25) is 0 Å². The highest BCUT2D eigenvalue weighted by Gasteiger charge is 2.34. The molecular formula is C19H21N3O3S. The Morgan fingerprint density at radius 3 is 2.92 bits per heavy atom. The Bertz CT molecular complexity index is 916. The maximum absolute atomic E-state index is 9.57. The van der Waals surface area contributed by atoms with Crippen molar-refractivity contribution < 1.29 is 14.2 Å². The summed E-state index contributed by atoms with van der Waals surface area (Å²) in [6.07, 6.45) is 0.803. The summed E-state index contributed by atoms with van der Waals surface area (Å²) in [5.74, 6) is 2.11. The fourth-order valence-corrected chi connectivity index (χ4v) is 4.64. The van der Waals surface area contributed by atoms with E-state index < -0.39 is 0 Å². The molecule has 3 heterocycles. The van der Waals surface area contributed by atoms with Crippen molar-refractivity contribution in [3.8, 4) is 23.3 Å². The van der Waals surface area contributed by atoms with E-state index in [1.54, 1.807) is 18.4 Å². The summed E-state index contributed by atoms with van der Waals surface area (Å²) >= 11 is 1.62. The van der Waals surface area contributed by atoms with Gasteiger partial charge in [0, 0.05) is 17.0 Å². The van der Waals surface area contributed by atoms with E-state index in [0.29, 0.717) is 17.1 Å². The van der Waals surface area contributed by atoms with Crippen LogP contribution in [-0.2, 0) is 6.42 Å². The number of nitrogens with zero attached hydrogens (tertiary/aromatic N) is 2. The summed E-state index contributed by atoms with van der Waals surface area (Å²) in [4.78, 5) is 3.39. The molecule has 0 bridgehead atoms. The average Bonchev–Trinajstić information content (AvgIpc) is 3.20. The number of fused-ring (bicyclic) bond motifs is 2. The van der Waals surface area contributed by atoms with E-state index in [-0.39, 0.29) is 13.0 Å². The van der Waals surface area contributed by atoms with Gasteiger partial charge in [-0.3, -0.25) is 4.90 Å². The molecule has 0 fully saturated rings. The predicted molar refractivity (Wildman–Crippen MR) is 100 cm³/mol. The van der Waals surface area contributed by atoms with Crippen LogP contribution in [0.5, 0.6) is 17.2 Å². The van der Waals surface area contributed by atoms with Crippen molar-refractivity contribution in [1.82, 2.24) is 4.90 Å². The molecule has 4 rings (SSSR count). The van der Waals surface area contributed by atoms with E-state index in [9.17, 15) is 5.26 Å². The van der Waals surface area contributed by atoms with Crippen LogP contribution in [-0.4, -0.2) is 32.4 Å². The van der Waals surface area contributed by atoms with Gasteiger partial charge in [-0.15, -0.1) is 11.3 Å². The lowest BCUT2D eigenvalue weighted by molar-refractivity contribution is 0.170. The molecule has 2 aromatic rings. The molecule has 0 spiro atoms. The molecule has 2 aliphatic heterocycles. The van der Waals surface area contributed by atoms with Gasteiger partial charge >= 0.3 is 0 Å². The highest BCUT2D eigenvalue weighted by atomic mass is 32.1. The van der Waals surface area contributed by atoms with Gasteiger partial charge < -0.3 is 19.5 Å². The van der Waals surface area contributed by atoms with Crippen LogP contribution >= 0.6 is 11.3 Å². The zero-order chi connectivity index (χ0) is 18.4. The Morgan fingerprint density at radius 1 is 1.38 bits per heavy atom. The fraction of sp³-hybridized carbons (Fsp3) is 0.421. The molecule has 1 atom stereocenters. The first-order valence-corrected chi connectivity index (χ1v) is 9.33. The lowest BCUT2D eigenvalue weighted by Gasteiger charge is -2.36. The van der Waals surface area contributed by atoms with E-state index in [4.69, 9.17) is 14.2 Å². The van der Waals surface area contributed by atoms with Crippen LogP contribution in [0, 0.1) is 25.2 Å². The second kappa shape index (κ2) is 6.38. The number of hydrogen-bond acceptors (Lipinski definition) is 7. The average molecular weight is 371 g/mol. The summed E-state index contributed by atoms with van der Waals surface area (Å²) in [6.45, 7) is 5.15. The minimum atomic E-state index is -0.104. The van der Waals surface area contributed by atoms with Gasteiger partial charge in [0.2, 0.25) is 12.5 Å². The third-order valence-corrected chi connectivity index (χ3v) is 6.30. The zero-order valence-electron chi connectivity index (χ0n) is 15.3. The molecule has 26 heavy (non-hydrogen) atoms. The fourth-order valence-electron chi connectivity index (χ4n) is 3.60. The summed E-state index contributed by atoms with van der Waals surface area (Å²) in [7, 11) is 3.73. The van der Waals surface area contributed by atoms with Gasteiger partial charge in [0.25, 0.3) is 0 Å². The number of thiophene rings is 1. The topological polar surface area (TPSA) is 66.8 Å². The Hall–Kier alpha value is -2.43. The lowest BCUT2D eigenvalue weighted by Crippen LogP contribution is -2.37. The van der Waals surface area contributed by atoms with Crippen molar-refractivity contribution in [2.45, 2.75) is 26.4 Å². The largest absolute Gasteiger partial charge is 0.492 e. The van der Waals surface area contributed by atoms with Crippen LogP contribution in [0.4, 0.5) is 5.00 Å². The Balaban J connectivity index is 1.82. The molecule has 6 nitrogen and oxygen atoms in total. The quantitative estimate of drug-likeness (QED) is 0.890. The number of ether oxygens (including phenoxy) is 3. The molecule has 7 heteroatoms. The third kappa shape index (κ3) is 2.49. The summed E-state index contributed by atoms with van der Waals surface area (Å²) in [5, 5.41) is 14.0. The van der Waals surface area contributed by atoms with Gasteiger partial charge in [-0.2, -0.15) is 5.26 Å². The molecule has 2 aliphatic rings. The summed E-state index contributed by atoms with van der Waals surface area (Å²) in [5.41, 5.74) is 3.99. The first kappa shape index (κ1) is 17.0. The van der Waals surface area contributed by atoms with Crippen molar-refractivity contribution >= 4 is 16.3 Å². The Labute approximate surface area is 156 Å². The van der Waals surface area contributed by atoms with Crippen molar-refractivity contribution in [3.63, 3.8) is 0 Å². The van der Waals surface area contributed by atoms with Crippen LogP contribution in [0.15, 0.2) is 6.07 Å². The predicted octanol–water partition coefficient (Wildman–Crippen LogP) is 3.57. The van der Waals surface area contributed by atoms with Gasteiger partial charge in [0.1, 0.15) is 17.2 Å². The molecule has 0 saturated heterocycles. The Kier molecular flexibility index (Phi) is 4.17. The normalized spacial score (nSPS) is 18.3. The number of likely N-dealkylation sites (N-methyl/N-ethyl adjacent to an activating group) is 1. The van der Waals surface area contributed by atoms with Gasteiger partial charge in [-0.05, 0) is 44.5 Å². The van der Waals surface area contributed by atoms with E-state index in [0.717, 1.165) is 39.7 Å². The number of aryl methyl sites for hydroxylation is 1. The minimum absolute atomic E-state index is 0.104. The monoisotopic (exact) mass is 371 g/mol. The third-order valence-electron chi connectivity index (χ3n) is 5.16. The van der Waals surface area contributed by atoms with Gasteiger partial charge in [0.15, 0.2) is 11.5 Å². The van der Waals surface area contributed by atoms with Gasteiger partial charge in [0.05, 0.1) is 12.7 Å². The number of nitriles is 1. The lowest BCUT2D eigenvalue weighted by atomic mass is 9.95. The highest BCUT2D eigenvalue weighted by molar-refractivity contribution is 7.16. The maximum atomic E-state index is 9.57. The van der Waals surface area contributed by atoms with E-state index in [1.165, 1.54) is 5.56 Å². The molecule has 0 radical (unpaired) electrons. The van der Waals surface area contributed by atoms with Crippen molar-refractivity contribution in [1.29, 1.82) is 5.26 Å². The summed E-state index contributed by atoms with van der Waals surface area (Å²) in [6, 6.07) is 4.39. The number of benzene rings is 1. The van der Waals surface area contributed by atoms with E-state index >= 15 is 0 Å². The first-order valence-electron chi connectivity index (χ1n) is 8.51. The molecule has 0 saturated carbocycles. The molecular weight excluding hydrogens is 350 g/mol. The maximum Gasteiger partial charge on any atom is 0.231 e. The van der Waals surface area contributed by atoms with Crippen LogP contribution in [0.1, 0.15) is 33.3 Å². The van der Waals surface area contributed by atoms with Crippen LogP contribution in [0.3, 0.4) is 0 Å². The van der Waals surface area contributed by atoms with Crippen molar-refractivity contribution in [2.24, 2.45) is 0 Å². The number of nitrogens with one attached hydrogen (secondary N) is 1. The van der Waals surface area contributed by atoms with Crippen LogP contribution < -0.4 is 19.5 Å². The highest BCUT2D eigenvalue weighted by Crippen LogP contribution is 2.50. The van der Waals surface area contributed by atoms with Crippen molar-refractivity contribution in [3.05, 3.63) is 33.2 Å². The molecule has 1 aromatic heterocycles. The molecule has 1 aromatic carbocycles. The molecule has 136 valence electrons. The van der Waals surface area contributed by atoms with E-state index in [1.807, 2.05) is 13.8 Å². The zero-order valence-corrected chi connectivity index (χ0v) is 16.1. The molecule has 1 N–H and O–H groups in total. The molecule has 0 aliphatic carbocycles. The molecule has 0 unspecified atom stereocenters. The van der Waals surface area contributed by atoms with E-state index in [2.05, 4.69) is 29.4 Å². The minimum Gasteiger partial charge on any atom is -0.492 e. The Morgan fingerprint density at radius 2 is 2.19 bits per heavy atom. The number of methoxy groups -OCH3 is 1. The second-order valence-electron chi connectivity index (χ2n) is 6.59. The SMILES string of the molecule is COc1c2c(cc3c1[C@@H](Nc1sc(C)c(C)c1C#N)N(C)CC3)OCO2. The van der Waals surface area contributed by atoms with Crippen molar-refractivity contribution in [2.75, 3.05) is 32.8 Å². The summed E-state index contributed by atoms with van der Waals surface area (Å²) < 4.78 is 16.9.